The smallest absolute Gasteiger partial charge is 0.118 e. The second kappa shape index (κ2) is 7.24. The molecule has 0 bridgehead atoms. The van der Waals surface area contributed by atoms with Crippen molar-refractivity contribution in [1.29, 1.82) is 0 Å². The molecule has 0 radical (unpaired) electrons. The molecule has 0 saturated heterocycles. The highest BCUT2D eigenvalue weighted by atomic mass is 16.5. The van der Waals surface area contributed by atoms with Gasteiger partial charge in [0.25, 0.3) is 0 Å². The van der Waals surface area contributed by atoms with Crippen molar-refractivity contribution < 1.29 is 4.74 Å². The summed E-state index contributed by atoms with van der Waals surface area (Å²) >= 11 is 0. The Morgan fingerprint density at radius 1 is 1.29 bits per heavy atom. The molecule has 114 valence electrons. The Morgan fingerprint density at radius 3 is 2.52 bits per heavy atom. The molecule has 1 unspecified atom stereocenters. The van der Waals surface area contributed by atoms with E-state index in [1.807, 2.05) is 28.9 Å². The van der Waals surface area contributed by atoms with Gasteiger partial charge >= 0.3 is 0 Å². The average Bonchev–Trinajstić information content (AvgIpc) is 2.95. The highest BCUT2D eigenvalue weighted by molar-refractivity contribution is 5.30. The summed E-state index contributed by atoms with van der Waals surface area (Å²) in [4.78, 5) is 0. The molecule has 5 nitrogen and oxygen atoms in total. The number of ether oxygens (including phenoxy) is 1. The fourth-order valence-corrected chi connectivity index (χ4v) is 2.44. The standard InChI is InChI=1S/C16H24N4O/c1-4-13-10-14(20(5-2)19-13)11-16(18-17)12-6-8-15(21-3)9-7-12/h6-10,16,18H,4-5,11,17H2,1-3H3. The van der Waals surface area contributed by atoms with Gasteiger partial charge in [0.15, 0.2) is 0 Å². The first-order valence-corrected chi connectivity index (χ1v) is 7.37. The molecule has 1 heterocycles. The van der Waals surface area contributed by atoms with Crippen LogP contribution in [0.3, 0.4) is 0 Å². The highest BCUT2D eigenvalue weighted by Gasteiger charge is 2.14. The lowest BCUT2D eigenvalue weighted by Crippen LogP contribution is -2.30. The second-order valence-corrected chi connectivity index (χ2v) is 4.99. The molecule has 21 heavy (non-hydrogen) atoms. The van der Waals surface area contributed by atoms with Crippen molar-refractivity contribution in [2.24, 2.45) is 5.84 Å². The van der Waals surface area contributed by atoms with Gasteiger partial charge in [0.05, 0.1) is 18.8 Å². The number of aryl methyl sites for hydroxylation is 2. The Bertz CT molecular complexity index is 562. The summed E-state index contributed by atoms with van der Waals surface area (Å²) < 4.78 is 7.24. The zero-order chi connectivity index (χ0) is 15.2. The van der Waals surface area contributed by atoms with E-state index in [0.29, 0.717) is 0 Å². The number of methoxy groups -OCH3 is 1. The van der Waals surface area contributed by atoms with Crippen LogP contribution in [0.1, 0.15) is 36.8 Å². The number of benzene rings is 1. The largest absolute Gasteiger partial charge is 0.497 e. The molecule has 2 rings (SSSR count). The minimum absolute atomic E-state index is 0.0580. The third-order valence-electron chi connectivity index (χ3n) is 3.71. The predicted octanol–water partition coefficient (Wildman–Crippen LogP) is 2.22. The zero-order valence-corrected chi connectivity index (χ0v) is 13.0. The van der Waals surface area contributed by atoms with E-state index in [1.165, 1.54) is 5.69 Å². The average molecular weight is 288 g/mol. The number of hydrazine groups is 1. The van der Waals surface area contributed by atoms with E-state index in [0.717, 1.165) is 36.4 Å². The summed E-state index contributed by atoms with van der Waals surface area (Å²) in [6, 6.07) is 10.2. The van der Waals surface area contributed by atoms with Crippen LogP contribution in [0, 0.1) is 0 Å². The first-order valence-electron chi connectivity index (χ1n) is 7.37. The van der Waals surface area contributed by atoms with Crippen LogP contribution in [0.2, 0.25) is 0 Å². The van der Waals surface area contributed by atoms with Gasteiger partial charge in [-0.3, -0.25) is 16.0 Å². The van der Waals surface area contributed by atoms with Gasteiger partial charge in [-0.15, -0.1) is 0 Å². The van der Waals surface area contributed by atoms with Crippen LogP contribution >= 0.6 is 0 Å². The van der Waals surface area contributed by atoms with Crippen LogP contribution in [0.25, 0.3) is 0 Å². The SMILES string of the molecule is CCc1cc(CC(NN)c2ccc(OC)cc2)n(CC)n1. The molecule has 0 fully saturated rings. The van der Waals surface area contributed by atoms with Crippen LogP contribution in [0.4, 0.5) is 0 Å². The number of nitrogens with one attached hydrogen (secondary N) is 1. The topological polar surface area (TPSA) is 65.1 Å². The van der Waals surface area contributed by atoms with Gasteiger partial charge in [0.2, 0.25) is 0 Å². The molecular formula is C16H24N4O. The summed E-state index contributed by atoms with van der Waals surface area (Å²) in [6.45, 7) is 5.09. The Kier molecular flexibility index (Phi) is 5.36. The van der Waals surface area contributed by atoms with E-state index < -0.39 is 0 Å². The Morgan fingerprint density at radius 2 is 2.00 bits per heavy atom. The first-order chi connectivity index (χ1) is 10.2. The Hall–Kier alpha value is -1.85. The van der Waals surface area contributed by atoms with Crippen molar-refractivity contribution >= 4 is 0 Å². The minimum atomic E-state index is 0.0580. The quantitative estimate of drug-likeness (QED) is 0.605. The number of hydrogen-bond acceptors (Lipinski definition) is 4. The van der Waals surface area contributed by atoms with E-state index in [4.69, 9.17) is 10.6 Å². The fourth-order valence-electron chi connectivity index (χ4n) is 2.44. The van der Waals surface area contributed by atoms with Crippen LogP contribution in [0.15, 0.2) is 30.3 Å². The number of nitrogens with two attached hydrogens (primary N) is 1. The van der Waals surface area contributed by atoms with Gasteiger partial charge in [-0.05, 0) is 37.1 Å². The second-order valence-electron chi connectivity index (χ2n) is 4.99. The summed E-state index contributed by atoms with van der Waals surface area (Å²) in [5.41, 5.74) is 6.36. The van der Waals surface area contributed by atoms with Crippen LogP contribution < -0.4 is 16.0 Å². The van der Waals surface area contributed by atoms with Crippen molar-refractivity contribution in [1.82, 2.24) is 15.2 Å². The maximum Gasteiger partial charge on any atom is 0.118 e. The summed E-state index contributed by atoms with van der Waals surface area (Å²) in [5.74, 6) is 6.59. The molecule has 0 aliphatic rings. The monoisotopic (exact) mass is 288 g/mol. The third-order valence-corrected chi connectivity index (χ3v) is 3.71. The first kappa shape index (κ1) is 15.5. The minimum Gasteiger partial charge on any atom is -0.497 e. The maximum absolute atomic E-state index is 5.74. The van der Waals surface area contributed by atoms with E-state index in [-0.39, 0.29) is 6.04 Å². The summed E-state index contributed by atoms with van der Waals surface area (Å²) in [6.07, 6.45) is 1.76. The molecule has 0 amide bonds. The number of nitrogens with zero attached hydrogens (tertiary/aromatic N) is 2. The maximum atomic E-state index is 5.74. The van der Waals surface area contributed by atoms with Crippen molar-refractivity contribution in [2.45, 2.75) is 39.3 Å². The zero-order valence-electron chi connectivity index (χ0n) is 13.0. The molecule has 0 aliphatic heterocycles. The molecule has 5 heteroatoms. The lowest BCUT2D eigenvalue weighted by Gasteiger charge is -2.17. The molecular weight excluding hydrogens is 264 g/mol. The van der Waals surface area contributed by atoms with Gasteiger partial charge in [0.1, 0.15) is 5.75 Å². The molecule has 0 saturated carbocycles. The lowest BCUT2D eigenvalue weighted by atomic mass is 10.0. The van der Waals surface area contributed by atoms with Gasteiger partial charge in [0, 0.05) is 18.7 Å². The van der Waals surface area contributed by atoms with Gasteiger partial charge in [-0.2, -0.15) is 5.10 Å². The normalized spacial score (nSPS) is 12.4. The van der Waals surface area contributed by atoms with Gasteiger partial charge < -0.3 is 4.74 Å². The van der Waals surface area contributed by atoms with Crippen molar-refractivity contribution in [3.05, 3.63) is 47.3 Å². The van der Waals surface area contributed by atoms with Crippen LogP contribution in [-0.2, 0) is 19.4 Å². The molecule has 1 atom stereocenters. The molecule has 0 spiro atoms. The van der Waals surface area contributed by atoms with E-state index >= 15 is 0 Å². The fraction of sp³-hybridized carbons (Fsp3) is 0.438. The van der Waals surface area contributed by atoms with Crippen LogP contribution in [-0.4, -0.2) is 16.9 Å². The Labute approximate surface area is 126 Å². The molecule has 1 aromatic heterocycles. The number of hydrogen-bond donors (Lipinski definition) is 2. The highest BCUT2D eigenvalue weighted by Crippen LogP contribution is 2.21. The van der Waals surface area contributed by atoms with Crippen molar-refractivity contribution in [3.8, 4) is 5.75 Å². The Balaban J connectivity index is 2.19. The van der Waals surface area contributed by atoms with Crippen molar-refractivity contribution in [2.75, 3.05) is 7.11 Å². The molecule has 1 aromatic carbocycles. The van der Waals surface area contributed by atoms with Gasteiger partial charge in [-0.1, -0.05) is 19.1 Å². The summed E-state index contributed by atoms with van der Waals surface area (Å²) in [7, 11) is 1.67. The van der Waals surface area contributed by atoms with Crippen molar-refractivity contribution in [3.63, 3.8) is 0 Å². The van der Waals surface area contributed by atoms with Gasteiger partial charge in [-0.25, -0.2) is 0 Å². The van der Waals surface area contributed by atoms with E-state index in [9.17, 15) is 0 Å². The van der Waals surface area contributed by atoms with Crippen LogP contribution in [0.5, 0.6) is 5.75 Å². The molecule has 2 aromatic rings. The van der Waals surface area contributed by atoms with E-state index in [2.05, 4.69) is 30.4 Å². The summed E-state index contributed by atoms with van der Waals surface area (Å²) in [5, 5.41) is 4.58. The molecule has 0 aliphatic carbocycles. The number of aromatic nitrogens is 2. The number of rotatable bonds is 7. The third kappa shape index (κ3) is 3.62. The predicted molar refractivity (Wildman–Crippen MR) is 84.0 cm³/mol. The van der Waals surface area contributed by atoms with E-state index in [1.54, 1.807) is 7.11 Å². The molecule has 3 N–H and O–H groups in total. The lowest BCUT2D eigenvalue weighted by molar-refractivity contribution is 0.414.